The third-order valence-corrected chi connectivity index (χ3v) is 4.86. The number of rotatable bonds is 6. The molecule has 2 aromatic rings. The van der Waals surface area contributed by atoms with Gasteiger partial charge in [0.2, 0.25) is 5.91 Å². The molecule has 0 radical (unpaired) electrons. The van der Waals surface area contributed by atoms with Crippen molar-refractivity contribution in [3.8, 4) is 0 Å². The molecule has 1 aromatic carbocycles. The first-order chi connectivity index (χ1) is 12.1. The number of amides is 2. The number of furan rings is 1. The Morgan fingerprint density at radius 3 is 2.56 bits per heavy atom. The van der Waals surface area contributed by atoms with Gasteiger partial charge in [-0.1, -0.05) is 44.2 Å². The lowest BCUT2D eigenvalue weighted by Gasteiger charge is -2.30. The summed E-state index contributed by atoms with van der Waals surface area (Å²) in [6.07, 6.45) is 2.73. The van der Waals surface area contributed by atoms with Crippen molar-refractivity contribution in [1.82, 2.24) is 10.6 Å². The van der Waals surface area contributed by atoms with Crippen LogP contribution in [0.1, 0.15) is 54.1 Å². The summed E-state index contributed by atoms with van der Waals surface area (Å²) in [5.74, 6) is 0.962. The van der Waals surface area contributed by atoms with Gasteiger partial charge in [0, 0.05) is 19.4 Å². The average molecular weight is 340 g/mol. The number of benzene rings is 1. The van der Waals surface area contributed by atoms with E-state index in [2.05, 4.69) is 10.6 Å². The molecule has 0 saturated carbocycles. The smallest absolute Gasteiger partial charge is 0.287 e. The van der Waals surface area contributed by atoms with E-state index in [0.29, 0.717) is 25.1 Å². The minimum Gasteiger partial charge on any atom is -0.456 e. The first-order valence-electron chi connectivity index (χ1n) is 8.84. The summed E-state index contributed by atoms with van der Waals surface area (Å²) in [6.45, 7) is 4.40. The normalized spacial score (nSPS) is 19.7. The molecule has 3 rings (SSSR count). The van der Waals surface area contributed by atoms with Crippen LogP contribution in [0.4, 0.5) is 0 Å². The third-order valence-electron chi connectivity index (χ3n) is 4.86. The molecule has 25 heavy (non-hydrogen) atoms. The molecule has 2 N–H and O–H groups in total. The standard InChI is InChI=1S/C20H24N2O3/c1-3-14-12-17(25-16(14)4-2)19(24)21-13-20(11-10-18(23)22-20)15-8-6-5-7-9-15/h5-9,12H,3-4,10-11,13H2,1-2H3,(H,21,24)(H,22,23). The van der Waals surface area contributed by atoms with Crippen LogP contribution in [0.25, 0.3) is 0 Å². The molecule has 1 saturated heterocycles. The van der Waals surface area contributed by atoms with Crippen molar-refractivity contribution in [1.29, 1.82) is 0 Å². The van der Waals surface area contributed by atoms with E-state index in [1.807, 2.05) is 50.2 Å². The Balaban J connectivity index is 1.77. The molecule has 1 aliphatic heterocycles. The zero-order valence-electron chi connectivity index (χ0n) is 14.7. The lowest BCUT2D eigenvalue weighted by molar-refractivity contribution is -0.119. The van der Waals surface area contributed by atoms with Gasteiger partial charge >= 0.3 is 0 Å². The maximum Gasteiger partial charge on any atom is 0.287 e. The highest BCUT2D eigenvalue weighted by molar-refractivity contribution is 5.92. The highest BCUT2D eigenvalue weighted by Gasteiger charge is 2.39. The predicted octanol–water partition coefficient (Wildman–Crippen LogP) is 2.94. The third kappa shape index (κ3) is 3.45. The zero-order valence-corrected chi connectivity index (χ0v) is 14.7. The molecule has 2 amide bonds. The van der Waals surface area contributed by atoms with E-state index in [9.17, 15) is 9.59 Å². The topological polar surface area (TPSA) is 71.3 Å². The molecule has 1 fully saturated rings. The van der Waals surface area contributed by atoms with E-state index in [1.165, 1.54) is 0 Å². The highest BCUT2D eigenvalue weighted by atomic mass is 16.4. The summed E-state index contributed by atoms with van der Waals surface area (Å²) >= 11 is 0. The minimum atomic E-state index is -0.554. The van der Waals surface area contributed by atoms with Crippen molar-refractivity contribution in [3.63, 3.8) is 0 Å². The molecule has 1 atom stereocenters. The molecule has 5 heteroatoms. The summed E-state index contributed by atoms with van der Waals surface area (Å²) in [5.41, 5.74) is 1.52. The van der Waals surface area contributed by atoms with Gasteiger partial charge in [-0.2, -0.15) is 0 Å². The van der Waals surface area contributed by atoms with E-state index in [-0.39, 0.29) is 11.8 Å². The maximum atomic E-state index is 12.5. The molecule has 1 unspecified atom stereocenters. The Hall–Kier alpha value is -2.56. The van der Waals surface area contributed by atoms with Crippen molar-refractivity contribution in [2.75, 3.05) is 6.54 Å². The fraction of sp³-hybridized carbons (Fsp3) is 0.400. The lowest BCUT2D eigenvalue weighted by Crippen LogP contribution is -2.48. The number of hydrogen-bond donors (Lipinski definition) is 2. The highest BCUT2D eigenvalue weighted by Crippen LogP contribution is 2.31. The number of hydrogen-bond acceptors (Lipinski definition) is 3. The Labute approximate surface area is 147 Å². The van der Waals surface area contributed by atoms with Gasteiger partial charge in [0.1, 0.15) is 5.76 Å². The first-order valence-corrected chi connectivity index (χ1v) is 8.84. The van der Waals surface area contributed by atoms with Gasteiger partial charge in [-0.3, -0.25) is 9.59 Å². The Bertz CT molecular complexity index is 745. The minimum absolute atomic E-state index is 0.0117. The molecule has 2 heterocycles. The van der Waals surface area contributed by atoms with E-state index in [0.717, 1.165) is 29.7 Å². The predicted molar refractivity (Wildman–Crippen MR) is 95.3 cm³/mol. The van der Waals surface area contributed by atoms with Gasteiger partial charge in [-0.25, -0.2) is 0 Å². The van der Waals surface area contributed by atoms with Gasteiger partial charge in [0.15, 0.2) is 5.76 Å². The van der Waals surface area contributed by atoms with Crippen LogP contribution in [0.2, 0.25) is 0 Å². The first kappa shape index (κ1) is 17.3. The van der Waals surface area contributed by atoms with Gasteiger partial charge in [-0.05, 0) is 30.0 Å². The van der Waals surface area contributed by atoms with Crippen LogP contribution in [0.5, 0.6) is 0 Å². The van der Waals surface area contributed by atoms with Crippen LogP contribution in [-0.2, 0) is 23.2 Å². The molecule has 0 aliphatic carbocycles. The van der Waals surface area contributed by atoms with E-state index < -0.39 is 5.54 Å². The summed E-state index contributed by atoms with van der Waals surface area (Å²) < 4.78 is 5.69. The van der Waals surface area contributed by atoms with Crippen LogP contribution in [0.3, 0.4) is 0 Å². The van der Waals surface area contributed by atoms with Crippen LogP contribution < -0.4 is 10.6 Å². The molecule has 0 spiro atoms. The Morgan fingerprint density at radius 1 is 1.24 bits per heavy atom. The molecular weight excluding hydrogens is 316 g/mol. The van der Waals surface area contributed by atoms with Crippen LogP contribution in [0.15, 0.2) is 40.8 Å². The van der Waals surface area contributed by atoms with Crippen molar-refractivity contribution >= 4 is 11.8 Å². The summed E-state index contributed by atoms with van der Waals surface area (Å²) in [4.78, 5) is 24.4. The van der Waals surface area contributed by atoms with Crippen LogP contribution >= 0.6 is 0 Å². The van der Waals surface area contributed by atoms with Crippen molar-refractivity contribution in [2.45, 2.75) is 45.1 Å². The van der Waals surface area contributed by atoms with Crippen LogP contribution in [-0.4, -0.2) is 18.4 Å². The van der Waals surface area contributed by atoms with E-state index >= 15 is 0 Å². The van der Waals surface area contributed by atoms with E-state index in [1.54, 1.807) is 0 Å². The Kier molecular flexibility index (Phi) is 4.93. The number of nitrogens with one attached hydrogen (secondary N) is 2. The molecule has 1 aliphatic rings. The lowest BCUT2D eigenvalue weighted by atomic mass is 9.88. The number of carbonyl (C=O) groups is 2. The van der Waals surface area contributed by atoms with Gasteiger partial charge in [0.05, 0.1) is 5.54 Å². The second-order valence-corrected chi connectivity index (χ2v) is 6.45. The zero-order chi connectivity index (χ0) is 17.9. The summed E-state index contributed by atoms with van der Waals surface area (Å²) in [5, 5.41) is 5.99. The van der Waals surface area contributed by atoms with Gasteiger partial charge in [-0.15, -0.1) is 0 Å². The Morgan fingerprint density at radius 2 is 2.00 bits per heavy atom. The molecule has 1 aromatic heterocycles. The second kappa shape index (κ2) is 7.13. The fourth-order valence-corrected chi connectivity index (χ4v) is 3.42. The molecule has 5 nitrogen and oxygen atoms in total. The quantitative estimate of drug-likeness (QED) is 0.849. The van der Waals surface area contributed by atoms with Gasteiger partial charge < -0.3 is 15.1 Å². The van der Waals surface area contributed by atoms with Crippen molar-refractivity contribution in [2.24, 2.45) is 0 Å². The van der Waals surface area contributed by atoms with Crippen molar-refractivity contribution in [3.05, 3.63) is 59.0 Å². The molecule has 132 valence electrons. The summed E-state index contributed by atoms with van der Waals surface area (Å²) in [6, 6.07) is 11.6. The van der Waals surface area contributed by atoms with Crippen LogP contribution in [0, 0.1) is 0 Å². The maximum absolute atomic E-state index is 12.5. The average Bonchev–Trinajstić information content (AvgIpc) is 3.24. The molecular formula is C20H24N2O3. The number of aryl methyl sites for hydroxylation is 2. The van der Waals surface area contributed by atoms with Gasteiger partial charge in [0.25, 0.3) is 5.91 Å². The molecule has 0 bridgehead atoms. The SMILES string of the molecule is CCc1cc(C(=O)NCC2(c3ccccc3)CCC(=O)N2)oc1CC. The number of carbonyl (C=O) groups excluding carboxylic acids is 2. The fourth-order valence-electron chi connectivity index (χ4n) is 3.42. The van der Waals surface area contributed by atoms with E-state index in [4.69, 9.17) is 4.42 Å². The van der Waals surface area contributed by atoms with Crippen molar-refractivity contribution < 1.29 is 14.0 Å². The monoisotopic (exact) mass is 340 g/mol. The second-order valence-electron chi connectivity index (χ2n) is 6.45. The summed E-state index contributed by atoms with van der Waals surface area (Å²) in [7, 11) is 0. The largest absolute Gasteiger partial charge is 0.456 e.